The van der Waals surface area contributed by atoms with Crippen molar-refractivity contribution in [2.24, 2.45) is 0 Å². The number of anilines is 5. The number of nitrogen functional groups attached to an aromatic ring is 2. The van der Waals surface area contributed by atoms with Crippen molar-refractivity contribution in [1.82, 2.24) is 0 Å². The Morgan fingerprint density at radius 2 is 0.789 bits per heavy atom. The molecule has 1 atom stereocenters. The molecule has 2 aliphatic rings. The van der Waals surface area contributed by atoms with Crippen LogP contribution in [-0.2, 0) is 44.7 Å². The predicted molar refractivity (Wildman–Crippen MR) is 380 cm³/mol. The zero-order chi connectivity index (χ0) is 69.2. The van der Waals surface area contributed by atoms with Crippen molar-refractivity contribution in [2.75, 3.05) is 34.0 Å². The number of nitrogens with two attached hydrogens (primary N) is 2. The SMILES string of the molecule is CC(C)(C)OC(=O)Nc1ccc2c(c1)CC(=O)CC2.CC(C)(C)OC(=O)Nc1ccc2ccc(O)cc2c1.CCOc1ccc2ccc(NC(=O)OC(C)(C)C)cc2c1.Nc1ccc2c(c1)CC(O)CC2.Nc1ccc2ccc(O)cc2c1.Oc1ccc2ccc(O)cc2c1. The summed E-state index contributed by atoms with van der Waals surface area (Å²) < 4.78 is 21.1. The Balaban J connectivity index is 0.000000163. The number of aryl methyl sites for hydroxylation is 2. The van der Waals surface area contributed by atoms with Crippen molar-refractivity contribution in [3.63, 3.8) is 0 Å². The van der Waals surface area contributed by atoms with Crippen LogP contribution in [0.5, 0.6) is 28.7 Å². The zero-order valence-electron chi connectivity index (χ0n) is 55.5. The summed E-state index contributed by atoms with van der Waals surface area (Å²) in [5, 5.41) is 62.3. The number of ketones is 1. The summed E-state index contributed by atoms with van der Waals surface area (Å²) in [4.78, 5) is 46.5. The summed E-state index contributed by atoms with van der Waals surface area (Å²) in [6.45, 7) is 19.0. The third-order valence-corrected chi connectivity index (χ3v) is 14.2. The normalized spacial score (nSPS) is 13.1. The van der Waals surface area contributed by atoms with Crippen molar-refractivity contribution in [3.05, 3.63) is 204 Å². The molecule has 0 heterocycles. The van der Waals surface area contributed by atoms with Crippen molar-refractivity contribution in [1.29, 1.82) is 0 Å². The molecule has 1 unspecified atom stereocenters. The van der Waals surface area contributed by atoms with Gasteiger partial charge >= 0.3 is 18.3 Å². The fourth-order valence-corrected chi connectivity index (χ4v) is 10.1. The Morgan fingerprint density at radius 1 is 0.421 bits per heavy atom. The second-order valence-electron chi connectivity index (χ2n) is 25.9. The van der Waals surface area contributed by atoms with Gasteiger partial charge in [-0.2, -0.15) is 0 Å². The van der Waals surface area contributed by atoms with Crippen LogP contribution in [-0.4, -0.2) is 79.1 Å². The molecular weight excluding hydrogens is 1200 g/mol. The molecule has 0 spiro atoms. The van der Waals surface area contributed by atoms with Gasteiger partial charge in [0.1, 0.15) is 51.3 Å². The van der Waals surface area contributed by atoms with Crippen molar-refractivity contribution in [3.8, 4) is 28.7 Å². The molecule has 12 N–H and O–H groups in total. The van der Waals surface area contributed by atoms with Crippen LogP contribution < -0.4 is 32.2 Å². The third-order valence-electron chi connectivity index (χ3n) is 14.2. The maximum Gasteiger partial charge on any atom is 0.412 e. The minimum absolute atomic E-state index is 0.167. The fourth-order valence-electron chi connectivity index (χ4n) is 10.1. The lowest BCUT2D eigenvalue weighted by Gasteiger charge is -2.20. The van der Waals surface area contributed by atoms with E-state index in [0.717, 1.165) is 85.8 Å². The number of aliphatic hydroxyl groups is 1. The minimum atomic E-state index is -0.529. The molecule has 10 aromatic rings. The maximum atomic E-state index is 11.8. The lowest BCUT2D eigenvalue weighted by atomic mass is 9.90. The van der Waals surface area contributed by atoms with Crippen LogP contribution in [0.15, 0.2) is 182 Å². The average molecular weight is 1290 g/mol. The van der Waals surface area contributed by atoms with Gasteiger partial charge in [0.2, 0.25) is 0 Å². The Bertz CT molecular complexity index is 4160. The van der Waals surface area contributed by atoms with Crippen LogP contribution in [0.4, 0.5) is 42.8 Å². The minimum Gasteiger partial charge on any atom is -0.508 e. The van der Waals surface area contributed by atoms with Crippen molar-refractivity contribution >= 4 is 95.6 Å². The van der Waals surface area contributed by atoms with E-state index >= 15 is 0 Å². The smallest absolute Gasteiger partial charge is 0.412 e. The molecule has 0 saturated heterocycles. The molecule has 3 amide bonds. The van der Waals surface area contributed by atoms with E-state index in [1.165, 1.54) is 16.7 Å². The van der Waals surface area contributed by atoms with E-state index in [1.54, 1.807) is 60.7 Å². The predicted octanol–water partition coefficient (Wildman–Crippen LogP) is 17.1. The molecule has 2 aliphatic carbocycles. The van der Waals surface area contributed by atoms with Gasteiger partial charge in [-0.25, -0.2) is 14.4 Å². The number of nitrogens with one attached hydrogen (secondary N) is 3. The number of hydrogen-bond donors (Lipinski definition) is 10. The van der Waals surface area contributed by atoms with Gasteiger partial charge in [-0.05, 0) is 282 Å². The number of aliphatic hydroxyl groups excluding tert-OH is 1. The van der Waals surface area contributed by atoms with E-state index in [9.17, 15) is 34.5 Å². The van der Waals surface area contributed by atoms with Gasteiger partial charge in [0, 0.05) is 41.3 Å². The average Bonchev–Trinajstić information content (AvgIpc) is 0.905. The van der Waals surface area contributed by atoms with Gasteiger partial charge in [-0.3, -0.25) is 20.7 Å². The Morgan fingerprint density at radius 3 is 1.26 bits per heavy atom. The lowest BCUT2D eigenvalue weighted by Crippen LogP contribution is -2.27. The number of phenolic OH excluding ortho intramolecular Hbond substituents is 4. The monoisotopic (exact) mass is 1290 g/mol. The molecule has 12 rings (SSSR count). The number of Topliss-reactive ketones (excluding diaryl/α,β-unsaturated/α-hetero) is 1. The summed E-state index contributed by atoms with van der Waals surface area (Å²) in [7, 11) is 0. The van der Waals surface area contributed by atoms with Gasteiger partial charge < -0.3 is 55.9 Å². The zero-order valence-corrected chi connectivity index (χ0v) is 55.5. The first-order valence-electron chi connectivity index (χ1n) is 31.3. The highest BCUT2D eigenvalue weighted by atomic mass is 16.6. The number of aromatic hydroxyl groups is 4. The first-order valence-corrected chi connectivity index (χ1v) is 31.3. The van der Waals surface area contributed by atoms with E-state index in [4.69, 9.17) is 40.6 Å². The lowest BCUT2D eigenvalue weighted by molar-refractivity contribution is -0.118. The molecular formula is C77H87N5O13. The highest BCUT2D eigenvalue weighted by molar-refractivity contribution is 5.94. The van der Waals surface area contributed by atoms with Crippen molar-refractivity contribution in [2.45, 2.75) is 131 Å². The van der Waals surface area contributed by atoms with E-state index in [2.05, 4.69) is 22.0 Å². The van der Waals surface area contributed by atoms with Crippen LogP contribution in [0.1, 0.15) is 104 Å². The van der Waals surface area contributed by atoms with Crippen LogP contribution >= 0.6 is 0 Å². The first-order chi connectivity index (χ1) is 44.8. The van der Waals surface area contributed by atoms with Gasteiger partial charge in [0.15, 0.2) is 0 Å². The molecule has 0 aliphatic heterocycles. The Labute approximate surface area is 554 Å². The van der Waals surface area contributed by atoms with Crippen molar-refractivity contribution < 1.29 is 63.7 Å². The van der Waals surface area contributed by atoms with Crippen LogP contribution in [0.25, 0.3) is 43.1 Å². The highest BCUT2D eigenvalue weighted by Gasteiger charge is 2.21. The summed E-state index contributed by atoms with van der Waals surface area (Å²) in [5.41, 5.74) is 17.9. The van der Waals surface area contributed by atoms with Gasteiger partial charge in [0.05, 0.1) is 12.7 Å². The number of carbonyl (C=O) groups excluding carboxylic acids is 4. The molecule has 10 aromatic carbocycles. The summed E-state index contributed by atoms with van der Waals surface area (Å²) in [6, 6.07) is 54.8. The number of hydrogen-bond acceptors (Lipinski definition) is 15. The Kier molecular flexibility index (Phi) is 24.3. The largest absolute Gasteiger partial charge is 0.508 e. The summed E-state index contributed by atoms with van der Waals surface area (Å²) >= 11 is 0. The number of rotatable bonds is 5. The number of fused-ring (bicyclic) bond motifs is 6. The number of phenols is 4. The standard InChI is InChI=1S/C17H21NO3.C15H19NO3.C15H17NO3.C10H13NO.C10H9NO.C10H8O2/c1-5-20-15-9-7-12-6-8-14(10-13(12)11-15)18-16(19)21-17(2,3)4;2*1-15(2,3)19-14(18)16-12-6-4-10-5-7-13(17)9-11(10)8-12;3*11-9-3-1-7-2-4-10(12)6-8(7)5-9/h6-11H,5H2,1-4H3,(H,18,19);4,6,8H,5,7,9H2,1-3H3,(H,16,18);4-9,17H,1-3H3,(H,16,18);1,3,5,10,12H,2,4,6,11H2;1-6,12H,11H2;1-6,11-12H. The number of amides is 3. The number of benzene rings is 10. The van der Waals surface area contributed by atoms with E-state index in [1.807, 2.05) is 184 Å². The van der Waals surface area contributed by atoms with Gasteiger partial charge in [0.25, 0.3) is 0 Å². The maximum absolute atomic E-state index is 11.8. The second kappa shape index (κ2) is 32.2. The highest BCUT2D eigenvalue weighted by Crippen LogP contribution is 2.29. The van der Waals surface area contributed by atoms with Crippen LogP contribution in [0.2, 0.25) is 0 Å². The van der Waals surface area contributed by atoms with Gasteiger partial charge in [-0.1, -0.05) is 60.7 Å². The molecule has 498 valence electrons. The van der Waals surface area contributed by atoms with Crippen LogP contribution in [0.3, 0.4) is 0 Å². The molecule has 0 bridgehead atoms. The van der Waals surface area contributed by atoms with E-state index in [0.29, 0.717) is 42.2 Å². The van der Waals surface area contributed by atoms with E-state index < -0.39 is 35.1 Å². The Hall–Kier alpha value is -10.7. The molecule has 18 nitrogen and oxygen atoms in total. The molecule has 0 radical (unpaired) electrons. The quantitative estimate of drug-likeness (QED) is 0.0566. The molecule has 0 saturated carbocycles. The topological polar surface area (TPSA) is 294 Å². The second-order valence-corrected chi connectivity index (χ2v) is 25.9. The molecule has 0 aromatic heterocycles. The molecule has 18 heteroatoms. The third kappa shape index (κ3) is 24.0. The van der Waals surface area contributed by atoms with Crippen LogP contribution in [0, 0.1) is 0 Å². The number of carbonyl (C=O) groups is 4. The molecule has 0 fully saturated rings. The fraction of sp³-hybridized carbons (Fsp3) is 0.273. The summed E-state index contributed by atoms with van der Waals surface area (Å²) in [5.74, 6) is 1.97. The number of ether oxygens (including phenoxy) is 4. The van der Waals surface area contributed by atoms with Gasteiger partial charge in [-0.15, -0.1) is 0 Å². The summed E-state index contributed by atoms with van der Waals surface area (Å²) in [6.07, 6.45) is 2.91. The first kappa shape index (κ1) is 71.7. The molecule has 95 heavy (non-hydrogen) atoms. The van der Waals surface area contributed by atoms with E-state index in [-0.39, 0.29) is 34.9 Å².